The Kier molecular flexibility index (Phi) is 4.56. The molecule has 0 bridgehead atoms. The standard InChI is InChI=1S/C14H17Cl2N5/c1-14(2,3)13-19-11(7-12(20-13)21-17)18-10-5-8(15)4-9(16)6-10/h4-7H,17H2,1-3H3,(H2,18,19,20,21). The maximum Gasteiger partial charge on any atom is 0.145 e. The molecule has 0 aliphatic carbocycles. The molecule has 1 heterocycles. The number of rotatable bonds is 3. The molecular weight excluding hydrogens is 309 g/mol. The molecule has 0 saturated heterocycles. The van der Waals surface area contributed by atoms with E-state index < -0.39 is 0 Å². The summed E-state index contributed by atoms with van der Waals surface area (Å²) in [7, 11) is 0. The van der Waals surface area contributed by atoms with Crippen molar-refractivity contribution in [2.24, 2.45) is 5.84 Å². The normalized spacial score (nSPS) is 11.3. The van der Waals surface area contributed by atoms with Gasteiger partial charge in [-0.3, -0.25) is 0 Å². The molecule has 0 spiro atoms. The van der Waals surface area contributed by atoms with Gasteiger partial charge in [-0.2, -0.15) is 0 Å². The predicted octanol–water partition coefficient (Wildman–Crippen LogP) is 4.11. The topological polar surface area (TPSA) is 75.9 Å². The Balaban J connectivity index is 2.39. The number of nitrogens with two attached hydrogens (primary N) is 1. The molecule has 0 aliphatic rings. The van der Waals surface area contributed by atoms with Crippen LogP contribution in [0.2, 0.25) is 10.0 Å². The molecule has 0 unspecified atom stereocenters. The van der Waals surface area contributed by atoms with Crippen LogP contribution in [0.15, 0.2) is 24.3 Å². The molecule has 0 aliphatic heterocycles. The first kappa shape index (κ1) is 15.8. The van der Waals surface area contributed by atoms with Crippen molar-refractivity contribution in [2.75, 3.05) is 10.7 Å². The highest BCUT2D eigenvalue weighted by atomic mass is 35.5. The fraction of sp³-hybridized carbons (Fsp3) is 0.286. The SMILES string of the molecule is CC(C)(C)c1nc(NN)cc(Nc2cc(Cl)cc(Cl)c2)n1. The van der Waals surface area contributed by atoms with Crippen molar-refractivity contribution >= 4 is 40.5 Å². The van der Waals surface area contributed by atoms with Crippen LogP contribution in [0.5, 0.6) is 0 Å². The quantitative estimate of drug-likeness (QED) is 0.584. The van der Waals surface area contributed by atoms with Crippen molar-refractivity contribution < 1.29 is 0 Å². The smallest absolute Gasteiger partial charge is 0.145 e. The molecule has 112 valence electrons. The Hall–Kier alpha value is -1.56. The van der Waals surface area contributed by atoms with Crippen molar-refractivity contribution in [2.45, 2.75) is 26.2 Å². The number of anilines is 3. The maximum atomic E-state index is 5.99. The molecule has 5 nitrogen and oxygen atoms in total. The Bertz CT molecular complexity index is 632. The number of halogens is 2. The Morgan fingerprint density at radius 2 is 1.52 bits per heavy atom. The zero-order chi connectivity index (χ0) is 15.6. The van der Waals surface area contributed by atoms with Gasteiger partial charge in [0.1, 0.15) is 17.5 Å². The van der Waals surface area contributed by atoms with Gasteiger partial charge in [-0.25, -0.2) is 15.8 Å². The van der Waals surface area contributed by atoms with E-state index in [1.54, 1.807) is 24.3 Å². The van der Waals surface area contributed by atoms with Crippen LogP contribution in [0.1, 0.15) is 26.6 Å². The van der Waals surface area contributed by atoms with E-state index in [0.29, 0.717) is 27.5 Å². The molecule has 0 atom stereocenters. The second-order valence-corrected chi connectivity index (χ2v) is 6.51. The highest BCUT2D eigenvalue weighted by Crippen LogP contribution is 2.27. The van der Waals surface area contributed by atoms with E-state index in [1.165, 1.54) is 0 Å². The molecule has 0 saturated carbocycles. The van der Waals surface area contributed by atoms with Gasteiger partial charge in [-0.05, 0) is 18.2 Å². The summed E-state index contributed by atoms with van der Waals surface area (Å²) >= 11 is 12.0. The predicted molar refractivity (Wildman–Crippen MR) is 88.3 cm³/mol. The van der Waals surface area contributed by atoms with Crippen LogP contribution >= 0.6 is 23.2 Å². The molecular formula is C14H17Cl2N5. The Morgan fingerprint density at radius 1 is 0.952 bits per heavy atom. The fourth-order valence-electron chi connectivity index (χ4n) is 1.69. The lowest BCUT2D eigenvalue weighted by Crippen LogP contribution is -2.19. The first-order chi connectivity index (χ1) is 9.77. The molecule has 21 heavy (non-hydrogen) atoms. The van der Waals surface area contributed by atoms with Crippen molar-refractivity contribution in [1.82, 2.24) is 9.97 Å². The number of hydrogen-bond donors (Lipinski definition) is 3. The van der Waals surface area contributed by atoms with E-state index in [4.69, 9.17) is 29.0 Å². The van der Waals surface area contributed by atoms with Crippen molar-refractivity contribution in [1.29, 1.82) is 0 Å². The van der Waals surface area contributed by atoms with Gasteiger partial charge in [0.05, 0.1) is 0 Å². The summed E-state index contributed by atoms with van der Waals surface area (Å²) in [5.74, 6) is 7.28. The van der Waals surface area contributed by atoms with Gasteiger partial charge in [0.25, 0.3) is 0 Å². The first-order valence-electron chi connectivity index (χ1n) is 6.37. The van der Waals surface area contributed by atoms with Crippen molar-refractivity contribution in [3.8, 4) is 0 Å². The van der Waals surface area contributed by atoms with Gasteiger partial charge in [0.2, 0.25) is 0 Å². The van der Waals surface area contributed by atoms with Crippen LogP contribution in [0.3, 0.4) is 0 Å². The monoisotopic (exact) mass is 325 g/mol. The zero-order valence-corrected chi connectivity index (χ0v) is 13.5. The summed E-state index contributed by atoms with van der Waals surface area (Å²) in [6, 6.07) is 6.91. The largest absolute Gasteiger partial charge is 0.340 e. The van der Waals surface area contributed by atoms with Crippen LogP contribution in [0, 0.1) is 0 Å². The summed E-state index contributed by atoms with van der Waals surface area (Å²) < 4.78 is 0. The lowest BCUT2D eigenvalue weighted by atomic mass is 9.96. The van der Waals surface area contributed by atoms with Crippen LogP contribution in [0.4, 0.5) is 17.3 Å². The third-order valence-corrected chi connectivity index (χ3v) is 3.12. The summed E-state index contributed by atoms with van der Waals surface area (Å²) in [6.07, 6.45) is 0. The van der Waals surface area contributed by atoms with E-state index in [2.05, 4.69) is 20.7 Å². The summed E-state index contributed by atoms with van der Waals surface area (Å²) in [6.45, 7) is 6.09. The number of aromatic nitrogens is 2. The second-order valence-electron chi connectivity index (χ2n) is 5.64. The van der Waals surface area contributed by atoms with Gasteiger partial charge in [-0.1, -0.05) is 44.0 Å². The Labute approximate surface area is 133 Å². The number of hydrazine groups is 1. The fourth-order valence-corrected chi connectivity index (χ4v) is 2.22. The molecule has 1 aromatic carbocycles. The van der Waals surface area contributed by atoms with Crippen molar-refractivity contribution in [3.05, 3.63) is 40.1 Å². The van der Waals surface area contributed by atoms with E-state index in [0.717, 1.165) is 5.69 Å². The van der Waals surface area contributed by atoms with Crippen molar-refractivity contribution in [3.63, 3.8) is 0 Å². The molecule has 4 N–H and O–H groups in total. The van der Waals surface area contributed by atoms with E-state index in [1.807, 2.05) is 20.8 Å². The highest BCUT2D eigenvalue weighted by molar-refractivity contribution is 6.35. The van der Waals surface area contributed by atoms with Crippen LogP contribution in [-0.2, 0) is 5.41 Å². The van der Waals surface area contributed by atoms with Crippen LogP contribution < -0.4 is 16.6 Å². The minimum absolute atomic E-state index is 0.199. The highest BCUT2D eigenvalue weighted by Gasteiger charge is 2.19. The number of nitrogens with one attached hydrogen (secondary N) is 2. The third-order valence-electron chi connectivity index (χ3n) is 2.68. The van der Waals surface area contributed by atoms with Crippen LogP contribution in [0.25, 0.3) is 0 Å². The molecule has 0 radical (unpaired) electrons. The van der Waals surface area contributed by atoms with Crippen LogP contribution in [-0.4, -0.2) is 9.97 Å². The first-order valence-corrected chi connectivity index (χ1v) is 7.13. The van der Waals surface area contributed by atoms with Gasteiger partial charge in [-0.15, -0.1) is 0 Å². The second kappa shape index (κ2) is 6.05. The Morgan fingerprint density at radius 3 is 2.05 bits per heavy atom. The summed E-state index contributed by atoms with van der Waals surface area (Å²) in [5.41, 5.74) is 3.09. The maximum absolute atomic E-state index is 5.99. The molecule has 7 heteroatoms. The minimum atomic E-state index is -0.199. The molecule has 0 fully saturated rings. The molecule has 0 amide bonds. The lowest BCUT2D eigenvalue weighted by molar-refractivity contribution is 0.547. The van der Waals surface area contributed by atoms with Gasteiger partial charge in [0.15, 0.2) is 0 Å². The number of hydrogen-bond acceptors (Lipinski definition) is 5. The van der Waals surface area contributed by atoms with E-state index in [9.17, 15) is 0 Å². The van der Waals surface area contributed by atoms with Gasteiger partial charge in [0, 0.05) is 27.2 Å². The average Bonchev–Trinajstić information content (AvgIpc) is 2.36. The van der Waals surface area contributed by atoms with Gasteiger partial charge >= 0.3 is 0 Å². The lowest BCUT2D eigenvalue weighted by Gasteiger charge is -2.19. The minimum Gasteiger partial charge on any atom is -0.340 e. The molecule has 2 aromatic rings. The average molecular weight is 326 g/mol. The van der Waals surface area contributed by atoms with E-state index in [-0.39, 0.29) is 5.41 Å². The van der Waals surface area contributed by atoms with E-state index >= 15 is 0 Å². The molecule has 2 rings (SSSR count). The number of nitrogen functional groups attached to an aromatic ring is 1. The zero-order valence-electron chi connectivity index (χ0n) is 12.0. The summed E-state index contributed by atoms with van der Waals surface area (Å²) in [4.78, 5) is 8.86. The molecule has 1 aromatic heterocycles. The van der Waals surface area contributed by atoms with Gasteiger partial charge < -0.3 is 10.7 Å². The third kappa shape index (κ3) is 4.20. The number of nitrogens with zero attached hydrogens (tertiary/aromatic N) is 2. The number of benzene rings is 1. The summed E-state index contributed by atoms with van der Waals surface area (Å²) in [5, 5.41) is 4.25.